The largest absolute Gasteiger partial charge is 0.354 e. The van der Waals surface area contributed by atoms with Gasteiger partial charge in [0.15, 0.2) is 0 Å². The van der Waals surface area contributed by atoms with Crippen LogP contribution >= 0.6 is 0 Å². The zero-order chi connectivity index (χ0) is 16.3. The number of rotatable bonds is 7. The standard InChI is InChI=1S/C19H26N2O2/c22-18(14-17-10-6-3-7-11-17)21-15-19(23)20-13-12-16-8-4-1-2-5-9-16/h3,6-8,10-11H,1-2,4-5,9,12-15H2,(H,20,23)(H,21,22). The second kappa shape index (κ2) is 9.82. The molecule has 0 unspecified atom stereocenters. The number of hydrogen-bond acceptors (Lipinski definition) is 2. The van der Waals surface area contributed by atoms with Crippen molar-refractivity contribution in [2.45, 2.75) is 44.9 Å². The van der Waals surface area contributed by atoms with Crippen molar-refractivity contribution in [3.8, 4) is 0 Å². The quantitative estimate of drug-likeness (QED) is 0.760. The molecule has 2 amide bonds. The lowest BCUT2D eigenvalue weighted by Crippen LogP contribution is -2.37. The summed E-state index contributed by atoms with van der Waals surface area (Å²) in [7, 11) is 0. The van der Waals surface area contributed by atoms with E-state index in [4.69, 9.17) is 0 Å². The average molecular weight is 314 g/mol. The molecule has 124 valence electrons. The molecule has 0 spiro atoms. The molecule has 1 aliphatic rings. The second-order valence-corrected chi connectivity index (χ2v) is 6.00. The maximum absolute atomic E-state index is 11.8. The Morgan fingerprint density at radius 1 is 0.957 bits per heavy atom. The molecule has 0 aromatic heterocycles. The number of benzene rings is 1. The maximum Gasteiger partial charge on any atom is 0.239 e. The highest BCUT2D eigenvalue weighted by atomic mass is 16.2. The molecule has 1 aromatic rings. The van der Waals surface area contributed by atoms with Gasteiger partial charge in [0.1, 0.15) is 0 Å². The Morgan fingerprint density at radius 3 is 2.61 bits per heavy atom. The number of nitrogens with one attached hydrogen (secondary N) is 2. The molecule has 4 nitrogen and oxygen atoms in total. The Bertz CT molecular complexity index is 538. The predicted octanol–water partition coefficient (Wildman–Crippen LogP) is 2.74. The highest BCUT2D eigenvalue weighted by Gasteiger charge is 2.07. The normalized spacial score (nSPS) is 14.5. The van der Waals surface area contributed by atoms with Crippen LogP contribution in [0.3, 0.4) is 0 Å². The first-order valence-electron chi connectivity index (χ1n) is 8.49. The van der Waals surface area contributed by atoms with E-state index in [1.54, 1.807) is 0 Å². The zero-order valence-electron chi connectivity index (χ0n) is 13.6. The van der Waals surface area contributed by atoms with Crippen LogP contribution in [0.25, 0.3) is 0 Å². The van der Waals surface area contributed by atoms with Crippen LogP contribution in [0.4, 0.5) is 0 Å². The number of hydrogen-bond donors (Lipinski definition) is 2. The molecule has 0 saturated heterocycles. The Balaban J connectivity index is 1.59. The molecule has 2 N–H and O–H groups in total. The minimum absolute atomic E-state index is 0.0463. The van der Waals surface area contributed by atoms with Crippen LogP contribution in [-0.2, 0) is 16.0 Å². The molecule has 0 heterocycles. The summed E-state index contributed by atoms with van der Waals surface area (Å²) in [4.78, 5) is 23.5. The SMILES string of the molecule is O=C(CNC(=O)Cc1ccccc1)NCCC1=CCCCCC1. The molecule has 0 radical (unpaired) electrons. The van der Waals surface area contributed by atoms with Gasteiger partial charge in [0.2, 0.25) is 11.8 Å². The third kappa shape index (κ3) is 7.13. The summed E-state index contributed by atoms with van der Waals surface area (Å²) in [5, 5.41) is 5.54. The van der Waals surface area contributed by atoms with Gasteiger partial charge in [0.05, 0.1) is 13.0 Å². The summed E-state index contributed by atoms with van der Waals surface area (Å²) in [5.74, 6) is -0.251. The lowest BCUT2D eigenvalue weighted by atomic mass is 10.1. The fraction of sp³-hybridized carbons (Fsp3) is 0.474. The first-order chi connectivity index (χ1) is 11.2. The number of amides is 2. The minimum atomic E-state index is -0.127. The molecule has 0 saturated carbocycles. The fourth-order valence-electron chi connectivity index (χ4n) is 2.76. The van der Waals surface area contributed by atoms with Gasteiger partial charge in [-0.2, -0.15) is 0 Å². The van der Waals surface area contributed by atoms with Crippen molar-refractivity contribution in [3.63, 3.8) is 0 Å². The molecule has 0 fully saturated rings. The average Bonchev–Trinajstić information content (AvgIpc) is 2.83. The Kier molecular flexibility index (Phi) is 7.37. The number of carbonyl (C=O) groups excluding carboxylic acids is 2. The van der Waals surface area contributed by atoms with Crippen molar-refractivity contribution in [1.82, 2.24) is 10.6 Å². The molecule has 0 aliphatic heterocycles. The van der Waals surface area contributed by atoms with Crippen molar-refractivity contribution in [2.75, 3.05) is 13.1 Å². The Labute approximate surface area is 138 Å². The van der Waals surface area contributed by atoms with Gasteiger partial charge in [-0.15, -0.1) is 0 Å². The van der Waals surface area contributed by atoms with Gasteiger partial charge in [-0.3, -0.25) is 9.59 Å². The number of allylic oxidation sites excluding steroid dienone is 1. The lowest BCUT2D eigenvalue weighted by molar-refractivity contribution is -0.125. The first-order valence-corrected chi connectivity index (χ1v) is 8.49. The smallest absolute Gasteiger partial charge is 0.239 e. The molecule has 0 bridgehead atoms. The maximum atomic E-state index is 11.8. The van der Waals surface area contributed by atoms with Crippen molar-refractivity contribution >= 4 is 11.8 Å². The molecule has 1 aromatic carbocycles. The Hall–Kier alpha value is -2.10. The van der Waals surface area contributed by atoms with Crippen molar-refractivity contribution < 1.29 is 9.59 Å². The van der Waals surface area contributed by atoms with Crippen LogP contribution in [0.1, 0.15) is 44.1 Å². The van der Waals surface area contributed by atoms with Gasteiger partial charge in [0, 0.05) is 6.54 Å². The van der Waals surface area contributed by atoms with Crippen molar-refractivity contribution in [2.24, 2.45) is 0 Å². The van der Waals surface area contributed by atoms with E-state index in [-0.39, 0.29) is 18.4 Å². The first kappa shape index (κ1) is 17.3. The predicted molar refractivity (Wildman–Crippen MR) is 92.0 cm³/mol. The molecule has 0 atom stereocenters. The van der Waals surface area contributed by atoms with E-state index >= 15 is 0 Å². The van der Waals surface area contributed by atoms with E-state index in [1.165, 1.54) is 31.3 Å². The van der Waals surface area contributed by atoms with Crippen LogP contribution in [0.2, 0.25) is 0 Å². The third-order valence-corrected chi connectivity index (χ3v) is 4.06. The highest BCUT2D eigenvalue weighted by Crippen LogP contribution is 2.18. The van der Waals surface area contributed by atoms with Gasteiger partial charge >= 0.3 is 0 Å². The molecule has 23 heavy (non-hydrogen) atoms. The van der Waals surface area contributed by atoms with E-state index < -0.39 is 0 Å². The van der Waals surface area contributed by atoms with Gasteiger partial charge in [-0.1, -0.05) is 48.4 Å². The summed E-state index contributed by atoms with van der Waals surface area (Å²) >= 11 is 0. The van der Waals surface area contributed by atoms with Crippen molar-refractivity contribution in [3.05, 3.63) is 47.5 Å². The van der Waals surface area contributed by atoms with E-state index in [1.807, 2.05) is 30.3 Å². The molecule has 4 heteroatoms. The molecule has 2 rings (SSSR count). The second-order valence-electron chi connectivity index (χ2n) is 6.00. The van der Waals surface area contributed by atoms with E-state index in [9.17, 15) is 9.59 Å². The number of carbonyl (C=O) groups is 2. The van der Waals surface area contributed by atoms with Gasteiger partial charge < -0.3 is 10.6 Å². The summed E-state index contributed by atoms with van der Waals surface area (Å²) < 4.78 is 0. The minimum Gasteiger partial charge on any atom is -0.354 e. The summed E-state index contributed by atoms with van der Waals surface area (Å²) in [6.45, 7) is 0.698. The van der Waals surface area contributed by atoms with Crippen LogP contribution in [0.5, 0.6) is 0 Å². The van der Waals surface area contributed by atoms with Crippen LogP contribution in [-0.4, -0.2) is 24.9 Å². The summed E-state index contributed by atoms with van der Waals surface area (Å²) in [6.07, 6.45) is 9.71. The Morgan fingerprint density at radius 2 is 1.78 bits per heavy atom. The summed E-state index contributed by atoms with van der Waals surface area (Å²) in [5.41, 5.74) is 2.40. The van der Waals surface area contributed by atoms with Gasteiger partial charge in [-0.05, 0) is 37.7 Å². The van der Waals surface area contributed by atoms with Gasteiger partial charge in [0.25, 0.3) is 0 Å². The van der Waals surface area contributed by atoms with Crippen LogP contribution in [0.15, 0.2) is 42.0 Å². The topological polar surface area (TPSA) is 58.2 Å². The van der Waals surface area contributed by atoms with Crippen molar-refractivity contribution in [1.29, 1.82) is 0 Å². The lowest BCUT2D eigenvalue weighted by Gasteiger charge is -2.09. The highest BCUT2D eigenvalue weighted by molar-refractivity contribution is 5.85. The van der Waals surface area contributed by atoms with Crippen LogP contribution in [0, 0.1) is 0 Å². The molecular formula is C19H26N2O2. The zero-order valence-corrected chi connectivity index (χ0v) is 13.6. The van der Waals surface area contributed by atoms with Gasteiger partial charge in [-0.25, -0.2) is 0 Å². The fourth-order valence-corrected chi connectivity index (χ4v) is 2.76. The summed E-state index contributed by atoms with van der Waals surface area (Å²) in [6, 6.07) is 9.52. The van der Waals surface area contributed by atoms with Crippen LogP contribution < -0.4 is 10.6 Å². The third-order valence-electron chi connectivity index (χ3n) is 4.06. The van der Waals surface area contributed by atoms with E-state index in [0.29, 0.717) is 13.0 Å². The molecule has 1 aliphatic carbocycles. The monoisotopic (exact) mass is 314 g/mol. The van der Waals surface area contributed by atoms with E-state index in [2.05, 4.69) is 16.7 Å². The molecular weight excluding hydrogens is 288 g/mol. The van der Waals surface area contributed by atoms with E-state index in [0.717, 1.165) is 18.4 Å².